The van der Waals surface area contributed by atoms with E-state index >= 15 is 0 Å². The Morgan fingerprint density at radius 3 is 2.23 bits per heavy atom. The standard InChI is InChI=1S/C28H31N3O7S/c1-3-4-5-6-21-17-22(18-30-25(21)28(34)35)27(33)31-39(36,37)24-13-9-20(10-14-24)26(32)29-16-15-19-7-11-23(38-2)12-8-19/h7-14,17-18H,3-6,15-16H2,1-2H3,(H,29,32)(H,31,33)(H,34,35). The molecule has 0 aliphatic rings. The van der Waals surface area contributed by atoms with Crippen LogP contribution in [-0.2, 0) is 22.9 Å². The highest BCUT2D eigenvalue weighted by molar-refractivity contribution is 7.90. The van der Waals surface area contributed by atoms with Gasteiger partial charge in [-0.2, -0.15) is 0 Å². The third-order valence-electron chi connectivity index (χ3n) is 5.99. The summed E-state index contributed by atoms with van der Waals surface area (Å²) >= 11 is 0. The maximum Gasteiger partial charge on any atom is 0.354 e. The topological polar surface area (TPSA) is 152 Å². The van der Waals surface area contributed by atoms with Gasteiger partial charge in [-0.1, -0.05) is 31.9 Å². The van der Waals surface area contributed by atoms with Gasteiger partial charge in [0.2, 0.25) is 0 Å². The Morgan fingerprint density at radius 1 is 0.923 bits per heavy atom. The number of sulfonamides is 1. The highest BCUT2D eigenvalue weighted by Crippen LogP contribution is 2.16. The fraction of sp³-hybridized carbons (Fsp3) is 0.286. The Bertz CT molecular complexity index is 1420. The zero-order chi connectivity index (χ0) is 28.4. The third-order valence-corrected chi connectivity index (χ3v) is 7.34. The van der Waals surface area contributed by atoms with Crippen LogP contribution >= 0.6 is 0 Å². The lowest BCUT2D eigenvalue weighted by atomic mass is 10.0. The fourth-order valence-electron chi connectivity index (χ4n) is 3.82. The molecule has 3 N–H and O–H groups in total. The molecule has 0 aliphatic heterocycles. The Kier molecular flexibility index (Phi) is 10.2. The first-order valence-electron chi connectivity index (χ1n) is 12.4. The van der Waals surface area contributed by atoms with Gasteiger partial charge in [0.1, 0.15) is 5.75 Å². The molecule has 206 valence electrons. The molecule has 0 saturated heterocycles. The van der Waals surface area contributed by atoms with Crippen LogP contribution in [0.1, 0.15) is 68.5 Å². The summed E-state index contributed by atoms with van der Waals surface area (Å²) in [5.74, 6) is -1.77. The van der Waals surface area contributed by atoms with Gasteiger partial charge in [-0.25, -0.2) is 22.9 Å². The fourth-order valence-corrected chi connectivity index (χ4v) is 4.80. The van der Waals surface area contributed by atoms with Crippen LogP contribution in [0, 0.1) is 0 Å². The minimum Gasteiger partial charge on any atom is -0.497 e. The van der Waals surface area contributed by atoms with E-state index in [2.05, 4.69) is 10.3 Å². The van der Waals surface area contributed by atoms with Crippen molar-refractivity contribution in [1.82, 2.24) is 15.0 Å². The molecule has 2 amide bonds. The average molecular weight is 554 g/mol. The van der Waals surface area contributed by atoms with Gasteiger partial charge >= 0.3 is 5.97 Å². The molecule has 0 fully saturated rings. The van der Waals surface area contributed by atoms with E-state index < -0.39 is 21.9 Å². The molecular weight excluding hydrogens is 522 g/mol. The van der Waals surface area contributed by atoms with Gasteiger partial charge in [-0.3, -0.25) is 9.59 Å². The number of rotatable bonds is 13. The van der Waals surface area contributed by atoms with E-state index in [0.717, 1.165) is 30.4 Å². The number of carbonyl (C=O) groups excluding carboxylic acids is 2. The molecule has 0 aliphatic carbocycles. The number of ether oxygens (including phenoxy) is 1. The second kappa shape index (κ2) is 13.5. The lowest BCUT2D eigenvalue weighted by Crippen LogP contribution is -2.31. The minimum absolute atomic E-state index is 0.0667. The van der Waals surface area contributed by atoms with Crippen molar-refractivity contribution in [2.75, 3.05) is 13.7 Å². The predicted octanol–water partition coefficient (Wildman–Crippen LogP) is 3.61. The van der Waals surface area contributed by atoms with Crippen molar-refractivity contribution in [2.24, 2.45) is 0 Å². The number of carboxylic acid groups (broad SMARTS) is 1. The lowest BCUT2D eigenvalue weighted by Gasteiger charge is -2.10. The van der Waals surface area contributed by atoms with E-state index in [0.29, 0.717) is 31.4 Å². The molecule has 39 heavy (non-hydrogen) atoms. The number of hydrogen-bond acceptors (Lipinski definition) is 7. The van der Waals surface area contributed by atoms with Gasteiger partial charge in [0.05, 0.1) is 17.6 Å². The summed E-state index contributed by atoms with van der Waals surface area (Å²) in [6.07, 6.45) is 4.57. The molecule has 0 unspecified atom stereocenters. The van der Waals surface area contributed by atoms with Gasteiger partial charge in [0.25, 0.3) is 21.8 Å². The summed E-state index contributed by atoms with van der Waals surface area (Å²) in [4.78, 5) is 40.3. The van der Waals surface area contributed by atoms with Gasteiger partial charge < -0.3 is 15.2 Å². The SMILES string of the molecule is CCCCCc1cc(C(=O)NS(=O)(=O)c2ccc(C(=O)NCCc3ccc(OC)cc3)cc2)cnc1C(=O)O. The van der Waals surface area contributed by atoms with E-state index in [1.807, 2.05) is 35.9 Å². The number of amides is 2. The Labute approximate surface area is 227 Å². The number of hydrogen-bond donors (Lipinski definition) is 3. The number of nitrogens with zero attached hydrogens (tertiary/aromatic N) is 1. The van der Waals surface area contributed by atoms with Crippen LogP contribution < -0.4 is 14.8 Å². The number of pyridine rings is 1. The largest absolute Gasteiger partial charge is 0.497 e. The molecule has 0 atom stereocenters. The molecule has 0 bridgehead atoms. The second-order valence-corrected chi connectivity index (χ2v) is 10.5. The summed E-state index contributed by atoms with van der Waals surface area (Å²) < 4.78 is 32.7. The summed E-state index contributed by atoms with van der Waals surface area (Å²) in [6.45, 7) is 2.39. The van der Waals surface area contributed by atoms with Crippen molar-refractivity contribution < 1.29 is 32.6 Å². The van der Waals surface area contributed by atoms with Crippen LogP contribution in [0.5, 0.6) is 5.75 Å². The first-order chi connectivity index (χ1) is 18.6. The quantitative estimate of drug-likeness (QED) is 0.272. The molecule has 1 heterocycles. The first-order valence-corrected chi connectivity index (χ1v) is 13.9. The molecule has 2 aromatic carbocycles. The number of aromatic nitrogens is 1. The van der Waals surface area contributed by atoms with Crippen molar-refractivity contribution in [3.05, 3.63) is 88.7 Å². The smallest absolute Gasteiger partial charge is 0.354 e. The predicted molar refractivity (Wildman–Crippen MR) is 145 cm³/mol. The van der Waals surface area contributed by atoms with Crippen molar-refractivity contribution in [1.29, 1.82) is 0 Å². The molecule has 3 aromatic rings. The summed E-state index contributed by atoms with van der Waals surface area (Å²) in [7, 11) is -2.67. The van der Waals surface area contributed by atoms with E-state index in [1.165, 1.54) is 30.3 Å². The van der Waals surface area contributed by atoms with E-state index in [9.17, 15) is 27.9 Å². The highest BCUT2D eigenvalue weighted by atomic mass is 32.2. The highest BCUT2D eigenvalue weighted by Gasteiger charge is 2.21. The van der Waals surface area contributed by atoms with Crippen LogP contribution in [0.4, 0.5) is 0 Å². The number of aromatic carboxylic acids is 1. The molecule has 0 saturated carbocycles. The molecular formula is C28H31N3O7S. The van der Waals surface area contributed by atoms with Crippen molar-refractivity contribution in [3.63, 3.8) is 0 Å². The average Bonchev–Trinajstić information content (AvgIpc) is 2.93. The van der Waals surface area contributed by atoms with Gasteiger partial charge in [-0.15, -0.1) is 0 Å². The maximum absolute atomic E-state index is 12.8. The zero-order valence-electron chi connectivity index (χ0n) is 21.8. The molecule has 0 spiro atoms. The summed E-state index contributed by atoms with van der Waals surface area (Å²) in [5.41, 5.74) is 1.42. The second-order valence-electron chi connectivity index (χ2n) is 8.81. The normalized spacial score (nSPS) is 11.0. The van der Waals surface area contributed by atoms with Crippen LogP contribution in [-0.4, -0.2) is 49.9 Å². The number of methoxy groups -OCH3 is 1. The van der Waals surface area contributed by atoms with Crippen LogP contribution in [0.25, 0.3) is 0 Å². The monoisotopic (exact) mass is 553 g/mol. The van der Waals surface area contributed by atoms with E-state index in [-0.39, 0.29) is 27.6 Å². The number of carboxylic acids is 1. The third kappa shape index (κ3) is 8.11. The molecule has 3 rings (SSSR count). The number of carbonyl (C=O) groups is 3. The van der Waals surface area contributed by atoms with Crippen molar-refractivity contribution in [3.8, 4) is 5.75 Å². The van der Waals surface area contributed by atoms with Crippen LogP contribution in [0.3, 0.4) is 0 Å². The first kappa shape index (κ1) is 29.3. The zero-order valence-corrected chi connectivity index (χ0v) is 22.6. The number of nitrogens with one attached hydrogen (secondary N) is 2. The van der Waals surface area contributed by atoms with Crippen molar-refractivity contribution in [2.45, 2.75) is 43.9 Å². The van der Waals surface area contributed by atoms with E-state index in [1.54, 1.807) is 7.11 Å². The molecule has 1 aromatic heterocycles. The van der Waals surface area contributed by atoms with Crippen LogP contribution in [0.15, 0.2) is 65.7 Å². The maximum atomic E-state index is 12.8. The van der Waals surface area contributed by atoms with E-state index in [4.69, 9.17) is 4.74 Å². The number of aryl methyl sites for hydroxylation is 1. The minimum atomic E-state index is -4.25. The molecule has 0 radical (unpaired) electrons. The Morgan fingerprint density at radius 2 is 1.62 bits per heavy atom. The molecule has 10 nitrogen and oxygen atoms in total. The number of unbranched alkanes of at least 4 members (excludes halogenated alkanes) is 2. The van der Waals surface area contributed by atoms with Crippen molar-refractivity contribution >= 4 is 27.8 Å². The molecule has 11 heteroatoms. The lowest BCUT2D eigenvalue weighted by molar-refractivity contribution is 0.0688. The van der Waals surface area contributed by atoms with Gasteiger partial charge in [-0.05, 0) is 72.9 Å². The van der Waals surface area contributed by atoms with Gasteiger partial charge in [0.15, 0.2) is 5.69 Å². The van der Waals surface area contributed by atoms with Gasteiger partial charge in [0, 0.05) is 18.3 Å². The Balaban J connectivity index is 1.62. The number of benzene rings is 2. The summed E-state index contributed by atoms with van der Waals surface area (Å²) in [5, 5.41) is 12.2. The van der Waals surface area contributed by atoms with Crippen LogP contribution in [0.2, 0.25) is 0 Å². The summed E-state index contributed by atoms with van der Waals surface area (Å²) in [6, 6.07) is 14.0. The Hall–Kier alpha value is -4.25.